The number of hydrogen-bond acceptors (Lipinski definition) is 4. The summed E-state index contributed by atoms with van der Waals surface area (Å²) in [4.78, 5) is 11.3. The number of carbonyl (C=O) groups is 1. The fourth-order valence-electron chi connectivity index (χ4n) is 1.93. The van der Waals surface area contributed by atoms with Gasteiger partial charge < -0.3 is 20.3 Å². The SMILES string of the molecule is O=C(CCO)NCC(O)c1cccc(Oc2ccccc2)c1. The zero-order valence-corrected chi connectivity index (χ0v) is 12.1. The van der Waals surface area contributed by atoms with Crippen LogP contribution in [0, 0.1) is 0 Å². The molecule has 0 radical (unpaired) electrons. The van der Waals surface area contributed by atoms with Crippen molar-refractivity contribution in [1.82, 2.24) is 5.32 Å². The van der Waals surface area contributed by atoms with Gasteiger partial charge in [-0.1, -0.05) is 30.3 Å². The van der Waals surface area contributed by atoms with Gasteiger partial charge in [-0.3, -0.25) is 4.79 Å². The van der Waals surface area contributed by atoms with Gasteiger partial charge in [0.15, 0.2) is 0 Å². The summed E-state index contributed by atoms with van der Waals surface area (Å²) in [5.41, 5.74) is 0.651. The fourth-order valence-corrected chi connectivity index (χ4v) is 1.93. The molecule has 0 saturated heterocycles. The van der Waals surface area contributed by atoms with Crippen molar-refractivity contribution in [2.24, 2.45) is 0 Å². The molecule has 0 spiro atoms. The molecule has 1 unspecified atom stereocenters. The van der Waals surface area contributed by atoms with E-state index in [1.54, 1.807) is 24.3 Å². The molecule has 2 aromatic carbocycles. The zero-order chi connectivity index (χ0) is 15.8. The van der Waals surface area contributed by atoms with Gasteiger partial charge in [0, 0.05) is 13.0 Å². The van der Waals surface area contributed by atoms with Gasteiger partial charge in [-0.05, 0) is 29.8 Å². The van der Waals surface area contributed by atoms with E-state index in [9.17, 15) is 9.90 Å². The normalized spacial score (nSPS) is 11.7. The van der Waals surface area contributed by atoms with E-state index in [-0.39, 0.29) is 25.5 Å². The standard InChI is InChI=1S/C17H19NO4/c19-10-9-17(21)18-12-16(20)13-5-4-8-15(11-13)22-14-6-2-1-3-7-14/h1-8,11,16,19-20H,9-10,12H2,(H,18,21). The Morgan fingerprint density at radius 3 is 2.55 bits per heavy atom. The molecule has 0 saturated carbocycles. The van der Waals surface area contributed by atoms with Crippen molar-refractivity contribution in [3.63, 3.8) is 0 Å². The molecule has 1 amide bonds. The van der Waals surface area contributed by atoms with E-state index in [0.717, 1.165) is 0 Å². The second kappa shape index (κ2) is 8.17. The van der Waals surface area contributed by atoms with Crippen molar-refractivity contribution < 1.29 is 19.7 Å². The first-order valence-electron chi connectivity index (χ1n) is 7.07. The molecule has 0 heterocycles. The van der Waals surface area contributed by atoms with Gasteiger partial charge in [0.2, 0.25) is 5.91 Å². The molecular weight excluding hydrogens is 282 g/mol. The van der Waals surface area contributed by atoms with Crippen molar-refractivity contribution in [2.45, 2.75) is 12.5 Å². The summed E-state index contributed by atoms with van der Waals surface area (Å²) in [6.45, 7) is -0.115. The van der Waals surface area contributed by atoms with Crippen LogP contribution in [-0.4, -0.2) is 29.3 Å². The molecule has 0 aromatic heterocycles. The Labute approximate surface area is 129 Å². The largest absolute Gasteiger partial charge is 0.457 e. The average molecular weight is 301 g/mol. The summed E-state index contributed by atoms with van der Waals surface area (Å²) < 4.78 is 5.70. The molecule has 0 fully saturated rings. The summed E-state index contributed by atoms with van der Waals surface area (Å²) in [5, 5.41) is 21.3. The summed E-state index contributed by atoms with van der Waals surface area (Å²) in [6, 6.07) is 16.4. The van der Waals surface area contributed by atoms with Gasteiger partial charge >= 0.3 is 0 Å². The predicted molar refractivity (Wildman–Crippen MR) is 82.6 cm³/mol. The van der Waals surface area contributed by atoms with Crippen LogP contribution in [-0.2, 0) is 4.79 Å². The van der Waals surface area contributed by atoms with Gasteiger partial charge in [0.25, 0.3) is 0 Å². The van der Waals surface area contributed by atoms with E-state index in [1.165, 1.54) is 0 Å². The molecule has 0 aliphatic carbocycles. The second-order valence-corrected chi connectivity index (χ2v) is 4.78. The number of rotatable bonds is 7. The third-order valence-corrected chi connectivity index (χ3v) is 3.05. The number of aliphatic hydroxyl groups is 2. The molecule has 0 bridgehead atoms. The molecule has 0 aliphatic heterocycles. The first-order valence-corrected chi connectivity index (χ1v) is 7.07. The number of benzene rings is 2. The fraction of sp³-hybridized carbons (Fsp3) is 0.235. The summed E-state index contributed by atoms with van der Waals surface area (Å²) >= 11 is 0. The third kappa shape index (κ3) is 4.87. The van der Waals surface area contributed by atoms with Crippen LogP contribution in [0.4, 0.5) is 0 Å². The van der Waals surface area contributed by atoms with Crippen LogP contribution in [0.25, 0.3) is 0 Å². The Kier molecular flexibility index (Phi) is 5.94. The van der Waals surface area contributed by atoms with Gasteiger partial charge in [0.05, 0.1) is 12.7 Å². The smallest absolute Gasteiger partial charge is 0.222 e. The molecule has 5 nitrogen and oxygen atoms in total. The lowest BCUT2D eigenvalue weighted by Crippen LogP contribution is -2.28. The maximum atomic E-state index is 11.3. The highest BCUT2D eigenvalue weighted by molar-refractivity contribution is 5.75. The Morgan fingerprint density at radius 2 is 1.82 bits per heavy atom. The minimum Gasteiger partial charge on any atom is -0.457 e. The lowest BCUT2D eigenvalue weighted by Gasteiger charge is -2.13. The molecule has 5 heteroatoms. The Hall–Kier alpha value is -2.37. The van der Waals surface area contributed by atoms with E-state index < -0.39 is 6.10 Å². The van der Waals surface area contributed by atoms with Crippen LogP contribution in [0.1, 0.15) is 18.1 Å². The van der Waals surface area contributed by atoms with Crippen LogP contribution in [0.3, 0.4) is 0 Å². The van der Waals surface area contributed by atoms with Gasteiger partial charge in [-0.15, -0.1) is 0 Å². The summed E-state index contributed by atoms with van der Waals surface area (Å²) in [6.07, 6.45) is -0.800. The van der Waals surface area contributed by atoms with Crippen molar-refractivity contribution in [3.05, 3.63) is 60.2 Å². The zero-order valence-electron chi connectivity index (χ0n) is 12.1. The number of amides is 1. The number of nitrogens with one attached hydrogen (secondary N) is 1. The van der Waals surface area contributed by atoms with Crippen LogP contribution >= 0.6 is 0 Å². The van der Waals surface area contributed by atoms with Crippen LogP contribution in [0.2, 0.25) is 0 Å². The molecular formula is C17H19NO4. The second-order valence-electron chi connectivity index (χ2n) is 4.78. The van der Waals surface area contributed by atoms with Crippen molar-refractivity contribution in [2.75, 3.05) is 13.2 Å². The van der Waals surface area contributed by atoms with Crippen molar-refractivity contribution in [1.29, 1.82) is 0 Å². The predicted octanol–water partition coefficient (Wildman–Crippen LogP) is 2.01. The minimum absolute atomic E-state index is 0.0316. The summed E-state index contributed by atoms with van der Waals surface area (Å²) in [7, 11) is 0. The van der Waals surface area contributed by atoms with Gasteiger partial charge in [-0.25, -0.2) is 0 Å². The first kappa shape index (κ1) is 16.0. The molecule has 22 heavy (non-hydrogen) atoms. The van der Waals surface area contributed by atoms with E-state index in [2.05, 4.69) is 5.32 Å². The third-order valence-electron chi connectivity index (χ3n) is 3.05. The van der Waals surface area contributed by atoms with Crippen LogP contribution in [0.15, 0.2) is 54.6 Å². The first-order chi connectivity index (χ1) is 10.7. The number of aliphatic hydroxyl groups excluding tert-OH is 2. The highest BCUT2D eigenvalue weighted by Crippen LogP contribution is 2.24. The molecule has 2 aromatic rings. The molecule has 0 aliphatic rings. The molecule has 3 N–H and O–H groups in total. The number of hydrogen-bond donors (Lipinski definition) is 3. The Balaban J connectivity index is 1.97. The quantitative estimate of drug-likeness (QED) is 0.731. The lowest BCUT2D eigenvalue weighted by molar-refractivity contribution is -0.122. The van der Waals surface area contributed by atoms with Crippen molar-refractivity contribution in [3.8, 4) is 11.5 Å². The topological polar surface area (TPSA) is 78.8 Å². The van der Waals surface area contributed by atoms with E-state index in [4.69, 9.17) is 9.84 Å². The van der Waals surface area contributed by atoms with Crippen LogP contribution in [0.5, 0.6) is 11.5 Å². The maximum absolute atomic E-state index is 11.3. The summed E-state index contributed by atoms with van der Waals surface area (Å²) in [5.74, 6) is 1.04. The molecule has 2 rings (SSSR count). The highest BCUT2D eigenvalue weighted by Gasteiger charge is 2.10. The van der Waals surface area contributed by atoms with E-state index in [0.29, 0.717) is 17.1 Å². The Bertz CT molecular complexity index is 601. The number of para-hydroxylation sites is 1. The van der Waals surface area contributed by atoms with Crippen LogP contribution < -0.4 is 10.1 Å². The average Bonchev–Trinajstić information content (AvgIpc) is 2.54. The molecule has 1 atom stereocenters. The highest BCUT2D eigenvalue weighted by atomic mass is 16.5. The molecule has 116 valence electrons. The maximum Gasteiger partial charge on any atom is 0.222 e. The Morgan fingerprint density at radius 1 is 1.09 bits per heavy atom. The minimum atomic E-state index is -0.832. The van der Waals surface area contributed by atoms with E-state index in [1.807, 2.05) is 30.3 Å². The van der Waals surface area contributed by atoms with Gasteiger partial charge in [-0.2, -0.15) is 0 Å². The monoisotopic (exact) mass is 301 g/mol. The van der Waals surface area contributed by atoms with Gasteiger partial charge in [0.1, 0.15) is 11.5 Å². The van der Waals surface area contributed by atoms with E-state index >= 15 is 0 Å². The lowest BCUT2D eigenvalue weighted by atomic mass is 10.1. The van der Waals surface area contributed by atoms with Crippen molar-refractivity contribution >= 4 is 5.91 Å². The number of carbonyl (C=O) groups excluding carboxylic acids is 1. The number of ether oxygens (including phenoxy) is 1.